The lowest BCUT2D eigenvalue weighted by Crippen LogP contribution is -2.39. The van der Waals surface area contributed by atoms with Gasteiger partial charge in [-0.05, 0) is 75.2 Å². The number of nitrogens with one attached hydrogen (secondary N) is 1. The first-order valence-electron chi connectivity index (χ1n) is 11.9. The number of para-hydroxylation sites is 1. The molecule has 0 saturated carbocycles. The maximum absolute atomic E-state index is 12.6. The van der Waals surface area contributed by atoms with Crippen molar-refractivity contribution < 1.29 is 19.0 Å². The van der Waals surface area contributed by atoms with Crippen molar-refractivity contribution in [2.24, 2.45) is 0 Å². The molecule has 0 fully saturated rings. The maximum atomic E-state index is 12.6. The van der Waals surface area contributed by atoms with Crippen molar-refractivity contribution in [3.05, 3.63) is 78.6 Å². The summed E-state index contributed by atoms with van der Waals surface area (Å²) in [7, 11) is 0. The highest BCUT2D eigenvalue weighted by molar-refractivity contribution is 5.94. The summed E-state index contributed by atoms with van der Waals surface area (Å²) in [5.74, 6) is 2.76. The Bertz CT molecular complexity index is 1390. The molecule has 8 heteroatoms. The number of aromatic amines is 1. The van der Waals surface area contributed by atoms with Crippen molar-refractivity contribution in [3.8, 4) is 23.0 Å². The first kappa shape index (κ1) is 23.4. The Labute approximate surface area is 209 Å². The van der Waals surface area contributed by atoms with Crippen LogP contribution in [0.3, 0.4) is 0 Å². The Hall–Kier alpha value is -4.33. The van der Waals surface area contributed by atoms with Crippen molar-refractivity contribution in [3.63, 3.8) is 0 Å². The lowest BCUT2D eigenvalue weighted by Gasteiger charge is -2.30. The molecule has 0 radical (unpaired) electrons. The van der Waals surface area contributed by atoms with Gasteiger partial charge in [-0.2, -0.15) is 5.10 Å². The number of H-pyrrole nitrogens is 1. The third kappa shape index (κ3) is 5.33. The summed E-state index contributed by atoms with van der Waals surface area (Å²) in [6.07, 6.45) is 4.16. The third-order valence-corrected chi connectivity index (χ3v) is 5.57. The molecule has 36 heavy (non-hydrogen) atoms. The van der Waals surface area contributed by atoms with Crippen LogP contribution in [0, 0.1) is 0 Å². The van der Waals surface area contributed by atoms with E-state index in [0.29, 0.717) is 42.4 Å². The molecule has 4 aromatic rings. The third-order valence-electron chi connectivity index (χ3n) is 5.57. The van der Waals surface area contributed by atoms with Crippen LogP contribution in [-0.2, 0) is 4.74 Å². The van der Waals surface area contributed by atoms with Crippen molar-refractivity contribution in [2.75, 3.05) is 13.1 Å². The maximum Gasteiger partial charge on any atom is 0.410 e. The van der Waals surface area contributed by atoms with Crippen molar-refractivity contribution in [2.45, 2.75) is 32.8 Å². The number of carbonyl (C=O) groups excluding carboxylic acids is 1. The zero-order valence-electron chi connectivity index (χ0n) is 20.5. The molecule has 0 aliphatic carbocycles. The molecule has 184 valence electrons. The molecule has 0 spiro atoms. The van der Waals surface area contributed by atoms with Crippen molar-refractivity contribution in [1.82, 2.24) is 20.1 Å². The summed E-state index contributed by atoms with van der Waals surface area (Å²) >= 11 is 0. The predicted octanol–water partition coefficient (Wildman–Crippen LogP) is 6.57. The van der Waals surface area contributed by atoms with Crippen LogP contribution in [0.5, 0.6) is 23.0 Å². The van der Waals surface area contributed by atoms with E-state index in [1.54, 1.807) is 11.1 Å². The lowest BCUT2D eigenvalue weighted by molar-refractivity contribution is 0.0273. The quantitative estimate of drug-likeness (QED) is 0.345. The van der Waals surface area contributed by atoms with E-state index in [4.69, 9.17) is 14.2 Å². The average molecular weight is 485 g/mol. The highest BCUT2D eigenvalue weighted by Crippen LogP contribution is 2.35. The fourth-order valence-electron chi connectivity index (χ4n) is 3.97. The second-order valence-electron chi connectivity index (χ2n) is 9.51. The number of hydrogen-bond donors (Lipinski definition) is 1. The Balaban J connectivity index is 1.36. The summed E-state index contributed by atoms with van der Waals surface area (Å²) in [5, 5.41) is 8.23. The molecule has 0 unspecified atom stereocenters. The SMILES string of the molecule is CC(C)(C)OC(=O)N1CCC=C(c2[nH]nc3nccc(Oc4ccc(Oc5ccccc5)cc4)c23)C1. The fourth-order valence-corrected chi connectivity index (χ4v) is 3.97. The van der Waals surface area contributed by atoms with Gasteiger partial charge in [0.05, 0.1) is 17.6 Å². The monoisotopic (exact) mass is 484 g/mol. The van der Waals surface area contributed by atoms with E-state index < -0.39 is 5.60 Å². The van der Waals surface area contributed by atoms with Gasteiger partial charge in [0.25, 0.3) is 0 Å². The Morgan fingerprint density at radius 1 is 0.944 bits per heavy atom. The Kier molecular flexibility index (Phi) is 6.33. The molecule has 1 aliphatic heterocycles. The van der Waals surface area contributed by atoms with E-state index in [9.17, 15) is 4.79 Å². The minimum atomic E-state index is -0.550. The number of rotatable bonds is 5. The van der Waals surface area contributed by atoms with Gasteiger partial charge in [0, 0.05) is 12.7 Å². The smallest absolute Gasteiger partial charge is 0.410 e. The minimum absolute atomic E-state index is 0.329. The number of fused-ring (bicyclic) bond motifs is 1. The van der Waals surface area contributed by atoms with Crippen LogP contribution in [0.1, 0.15) is 32.9 Å². The van der Waals surface area contributed by atoms with Crippen molar-refractivity contribution in [1.29, 1.82) is 0 Å². The zero-order chi connectivity index (χ0) is 25.1. The predicted molar refractivity (Wildman–Crippen MR) is 137 cm³/mol. The van der Waals surface area contributed by atoms with Gasteiger partial charge in [-0.25, -0.2) is 9.78 Å². The number of aromatic nitrogens is 3. The molecule has 0 atom stereocenters. The van der Waals surface area contributed by atoms with Gasteiger partial charge in [0.2, 0.25) is 0 Å². The average Bonchev–Trinajstić information content (AvgIpc) is 3.30. The largest absolute Gasteiger partial charge is 0.457 e. The fraction of sp³-hybridized carbons (Fsp3) is 0.250. The molecule has 2 aromatic carbocycles. The summed E-state index contributed by atoms with van der Waals surface area (Å²) in [5.41, 5.74) is 1.72. The molecular weight excluding hydrogens is 456 g/mol. The molecule has 1 aliphatic rings. The lowest BCUT2D eigenvalue weighted by atomic mass is 10.0. The van der Waals surface area contributed by atoms with Crippen LogP contribution < -0.4 is 9.47 Å². The second-order valence-corrected chi connectivity index (χ2v) is 9.51. The van der Waals surface area contributed by atoms with E-state index in [0.717, 1.165) is 22.4 Å². The molecule has 3 heterocycles. The molecule has 1 N–H and O–H groups in total. The van der Waals surface area contributed by atoms with E-state index in [-0.39, 0.29) is 6.09 Å². The van der Waals surface area contributed by atoms with Gasteiger partial charge < -0.3 is 19.1 Å². The first-order valence-corrected chi connectivity index (χ1v) is 11.9. The van der Waals surface area contributed by atoms with E-state index in [1.165, 1.54) is 0 Å². The summed E-state index contributed by atoms with van der Waals surface area (Å²) in [6, 6.07) is 18.9. The van der Waals surface area contributed by atoms with Crippen LogP contribution in [0.4, 0.5) is 4.79 Å². The standard InChI is InChI=1S/C28H28N4O4/c1-28(2,3)36-27(33)32-17-7-8-19(18-32)25-24-23(15-16-29-26(24)31-30-25)35-22-13-11-21(12-14-22)34-20-9-5-4-6-10-20/h4-6,8-16H,7,17-18H2,1-3H3,(H,29,30,31). The second kappa shape index (κ2) is 9.73. The van der Waals surface area contributed by atoms with Crippen molar-refractivity contribution >= 4 is 22.7 Å². The molecule has 0 bridgehead atoms. The summed E-state index contributed by atoms with van der Waals surface area (Å²) < 4.78 is 17.7. The number of ether oxygens (including phenoxy) is 3. The van der Waals surface area contributed by atoms with E-state index in [1.807, 2.05) is 81.4 Å². The topological polar surface area (TPSA) is 89.6 Å². The summed E-state index contributed by atoms with van der Waals surface area (Å²) in [6.45, 7) is 6.60. The number of hydrogen-bond acceptors (Lipinski definition) is 6. The number of carbonyl (C=O) groups is 1. The highest BCUT2D eigenvalue weighted by Gasteiger charge is 2.26. The van der Waals surface area contributed by atoms with Gasteiger partial charge >= 0.3 is 6.09 Å². The molecule has 1 amide bonds. The van der Waals surface area contributed by atoms with Crippen LogP contribution in [0.25, 0.3) is 16.6 Å². The zero-order valence-corrected chi connectivity index (χ0v) is 20.5. The van der Waals surface area contributed by atoms with E-state index >= 15 is 0 Å². The van der Waals surface area contributed by atoms with Crippen LogP contribution >= 0.6 is 0 Å². The molecule has 8 nitrogen and oxygen atoms in total. The first-order chi connectivity index (χ1) is 17.4. The Morgan fingerprint density at radius 3 is 2.36 bits per heavy atom. The minimum Gasteiger partial charge on any atom is -0.457 e. The highest BCUT2D eigenvalue weighted by atomic mass is 16.6. The van der Waals surface area contributed by atoms with Crippen LogP contribution in [0.15, 0.2) is 72.9 Å². The summed E-state index contributed by atoms with van der Waals surface area (Å²) in [4.78, 5) is 18.7. The number of nitrogens with zero attached hydrogens (tertiary/aromatic N) is 3. The molecular formula is C28H28N4O4. The Morgan fingerprint density at radius 2 is 1.64 bits per heavy atom. The molecule has 0 saturated heterocycles. The number of benzene rings is 2. The molecule has 2 aromatic heterocycles. The van der Waals surface area contributed by atoms with Gasteiger partial charge in [0.1, 0.15) is 28.6 Å². The van der Waals surface area contributed by atoms with Crippen LogP contribution in [0.2, 0.25) is 0 Å². The van der Waals surface area contributed by atoms with Gasteiger partial charge in [-0.3, -0.25) is 5.10 Å². The number of amides is 1. The molecule has 5 rings (SSSR count). The number of pyridine rings is 1. The van der Waals surface area contributed by atoms with Gasteiger partial charge in [-0.1, -0.05) is 24.3 Å². The van der Waals surface area contributed by atoms with Crippen LogP contribution in [-0.4, -0.2) is 44.9 Å². The normalized spacial score (nSPS) is 13.9. The van der Waals surface area contributed by atoms with E-state index in [2.05, 4.69) is 21.3 Å². The van der Waals surface area contributed by atoms with Gasteiger partial charge in [0.15, 0.2) is 5.65 Å². The van der Waals surface area contributed by atoms with Gasteiger partial charge in [-0.15, -0.1) is 0 Å².